The minimum atomic E-state index is -1.57. The lowest BCUT2D eigenvalue weighted by Gasteiger charge is -2.27. The summed E-state index contributed by atoms with van der Waals surface area (Å²) >= 11 is 0. The Morgan fingerprint density at radius 3 is 1.09 bits per heavy atom. The van der Waals surface area contributed by atoms with Gasteiger partial charge in [0, 0.05) is 0 Å². The molecule has 1 atom stereocenters. The van der Waals surface area contributed by atoms with E-state index in [2.05, 4.69) is 117 Å². The van der Waals surface area contributed by atoms with E-state index in [4.69, 9.17) is 0 Å². The van der Waals surface area contributed by atoms with E-state index in [1.807, 2.05) is 18.2 Å². The second kappa shape index (κ2) is 15.1. The number of aryl methyl sites for hydroxylation is 1. The molecule has 32 heavy (non-hydrogen) atoms. The zero-order chi connectivity index (χ0) is 21.1. The van der Waals surface area contributed by atoms with Crippen molar-refractivity contribution in [3.8, 4) is 0 Å². The first-order valence-corrected chi connectivity index (χ1v) is 12.8. The van der Waals surface area contributed by atoms with Crippen molar-refractivity contribution in [3.05, 3.63) is 127 Å². The van der Waals surface area contributed by atoms with Crippen LogP contribution in [0.5, 0.6) is 0 Å². The van der Waals surface area contributed by atoms with Crippen LogP contribution in [-0.2, 0) is 0 Å². The molecule has 0 bridgehead atoms. The fraction of sp³-hybridized carbons (Fsp3) is 0.172. The van der Waals surface area contributed by atoms with Crippen LogP contribution < -0.4 is 32.9 Å². The first-order chi connectivity index (χ1) is 14.8. The number of unbranched alkanes of at least 4 members (excludes halogenated alkanes) is 1. The maximum atomic E-state index is 2.32. The normalized spacial score (nSPS) is 10.1. The van der Waals surface area contributed by atoms with E-state index in [1.54, 1.807) is 0 Å². The molecular formula is C29H35BrP2. The predicted octanol–water partition coefficient (Wildman–Crippen LogP) is 3.84. The Hall–Kier alpha value is -1.78. The SMILES string of the molecule is CCCC[P+](c1ccccc1)(c1ccccc1)c1ccccc1.Cc1ccccc1.P.[Br-]. The monoisotopic (exact) mass is 524 g/mol. The highest BCUT2D eigenvalue weighted by molar-refractivity contribution is 7.95. The number of hydrogen-bond acceptors (Lipinski definition) is 0. The van der Waals surface area contributed by atoms with Crippen LogP contribution in [0.2, 0.25) is 0 Å². The quantitative estimate of drug-likeness (QED) is 0.336. The minimum Gasteiger partial charge on any atom is -1.00 e. The van der Waals surface area contributed by atoms with Gasteiger partial charge in [0.2, 0.25) is 0 Å². The van der Waals surface area contributed by atoms with Crippen molar-refractivity contribution in [2.24, 2.45) is 0 Å². The number of hydrogen-bond donors (Lipinski definition) is 0. The Bertz CT molecular complexity index is 878. The third-order valence-corrected chi connectivity index (χ3v) is 9.90. The highest BCUT2D eigenvalue weighted by Gasteiger charge is 2.44. The van der Waals surface area contributed by atoms with Crippen LogP contribution in [0.1, 0.15) is 25.3 Å². The highest BCUT2D eigenvalue weighted by Crippen LogP contribution is 2.55. The van der Waals surface area contributed by atoms with E-state index in [0.717, 1.165) is 0 Å². The summed E-state index contributed by atoms with van der Waals surface area (Å²) in [6, 6.07) is 43.7. The Balaban J connectivity index is 0.000000489. The van der Waals surface area contributed by atoms with E-state index in [1.165, 1.54) is 40.5 Å². The van der Waals surface area contributed by atoms with Gasteiger partial charge in [0.1, 0.15) is 23.2 Å². The van der Waals surface area contributed by atoms with Crippen molar-refractivity contribution >= 4 is 33.1 Å². The van der Waals surface area contributed by atoms with Gasteiger partial charge in [-0.15, -0.1) is 0 Å². The molecule has 0 fully saturated rings. The van der Waals surface area contributed by atoms with Crippen LogP contribution in [0.15, 0.2) is 121 Å². The molecular weight excluding hydrogens is 490 g/mol. The first-order valence-electron chi connectivity index (χ1n) is 10.8. The summed E-state index contributed by atoms with van der Waals surface area (Å²) in [7, 11) is -1.57. The van der Waals surface area contributed by atoms with Crippen molar-refractivity contribution in [3.63, 3.8) is 0 Å². The Kier molecular flexibility index (Phi) is 13.4. The smallest absolute Gasteiger partial charge is 0.112 e. The minimum absolute atomic E-state index is 0. The zero-order valence-corrected chi connectivity index (χ0v) is 23.1. The number of halogens is 1. The average Bonchev–Trinajstić information content (AvgIpc) is 2.83. The molecule has 0 nitrogen and oxygen atoms in total. The molecule has 0 radical (unpaired) electrons. The molecule has 0 N–H and O–H groups in total. The lowest BCUT2D eigenvalue weighted by Crippen LogP contribution is -3.00. The topological polar surface area (TPSA) is 0 Å². The molecule has 4 aromatic carbocycles. The van der Waals surface area contributed by atoms with E-state index < -0.39 is 7.26 Å². The van der Waals surface area contributed by atoms with Gasteiger partial charge in [0.15, 0.2) is 0 Å². The molecule has 0 spiro atoms. The van der Waals surface area contributed by atoms with Crippen molar-refractivity contribution in [2.45, 2.75) is 26.7 Å². The van der Waals surface area contributed by atoms with Crippen molar-refractivity contribution in [2.75, 3.05) is 6.16 Å². The molecule has 4 aromatic rings. The highest BCUT2D eigenvalue weighted by atomic mass is 79.9. The number of rotatable bonds is 6. The van der Waals surface area contributed by atoms with Gasteiger partial charge in [-0.1, -0.05) is 104 Å². The van der Waals surface area contributed by atoms with Crippen LogP contribution in [0.4, 0.5) is 0 Å². The third-order valence-electron chi connectivity index (χ3n) is 5.38. The largest absolute Gasteiger partial charge is 1.00 e. The maximum Gasteiger partial charge on any atom is 0.112 e. The van der Waals surface area contributed by atoms with Crippen molar-refractivity contribution in [1.82, 2.24) is 0 Å². The Morgan fingerprint density at radius 1 is 0.531 bits per heavy atom. The third kappa shape index (κ3) is 7.38. The average molecular weight is 525 g/mol. The number of benzene rings is 4. The van der Waals surface area contributed by atoms with Gasteiger partial charge < -0.3 is 17.0 Å². The molecule has 0 aromatic heterocycles. The van der Waals surface area contributed by atoms with Crippen LogP contribution in [0.3, 0.4) is 0 Å². The van der Waals surface area contributed by atoms with Crippen LogP contribution in [0, 0.1) is 6.92 Å². The van der Waals surface area contributed by atoms with Gasteiger partial charge in [-0.3, -0.25) is 0 Å². The lowest BCUT2D eigenvalue weighted by atomic mass is 10.2. The van der Waals surface area contributed by atoms with Gasteiger partial charge >= 0.3 is 0 Å². The first kappa shape index (κ1) is 28.3. The van der Waals surface area contributed by atoms with Crippen LogP contribution in [-0.4, -0.2) is 6.16 Å². The molecule has 0 aliphatic rings. The fourth-order valence-corrected chi connectivity index (χ4v) is 8.31. The fourth-order valence-electron chi connectivity index (χ4n) is 3.81. The Labute approximate surface area is 209 Å². The summed E-state index contributed by atoms with van der Waals surface area (Å²) in [4.78, 5) is 0. The van der Waals surface area contributed by atoms with Crippen molar-refractivity contribution in [1.29, 1.82) is 0 Å². The molecule has 4 rings (SSSR count). The van der Waals surface area contributed by atoms with Gasteiger partial charge in [-0.05, 0) is 49.7 Å². The summed E-state index contributed by atoms with van der Waals surface area (Å²) in [5.41, 5.74) is 1.32. The van der Waals surface area contributed by atoms with E-state index >= 15 is 0 Å². The molecule has 3 heteroatoms. The Morgan fingerprint density at radius 2 is 0.844 bits per heavy atom. The van der Waals surface area contributed by atoms with Gasteiger partial charge in [-0.25, -0.2) is 0 Å². The molecule has 0 saturated carbocycles. The van der Waals surface area contributed by atoms with E-state index in [0.29, 0.717) is 0 Å². The van der Waals surface area contributed by atoms with Crippen LogP contribution in [0.25, 0.3) is 0 Å². The standard InChI is InChI=1S/C22H24P.C7H8.BrH.H3P/c1-2-3-19-23(20-13-7-4-8-14-20,21-15-9-5-10-16-21)22-17-11-6-12-18-22;1-7-5-3-2-4-6-7;;/h4-18H,2-3,19H2,1H3;2-6H,1H3;1H;1H3/q+1;;;/p-1. The molecule has 0 heterocycles. The summed E-state index contributed by atoms with van der Waals surface area (Å²) in [5, 5.41) is 4.47. The maximum absolute atomic E-state index is 2.32. The summed E-state index contributed by atoms with van der Waals surface area (Å²) in [5.74, 6) is 0. The molecule has 168 valence electrons. The molecule has 0 saturated heterocycles. The van der Waals surface area contributed by atoms with Crippen LogP contribution >= 0.6 is 17.2 Å². The molecule has 0 amide bonds. The second-order valence-corrected chi connectivity index (χ2v) is 11.2. The van der Waals surface area contributed by atoms with Gasteiger partial charge in [0.05, 0.1) is 6.16 Å². The van der Waals surface area contributed by atoms with Gasteiger partial charge in [0.25, 0.3) is 0 Å². The predicted molar refractivity (Wildman–Crippen MR) is 147 cm³/mol. The van der Waals surface area contributed by atoms with Crippen molar-refractivity contribution < 1.29 is 17.0 Å². The molecule has 0 aliphatic carbocycles. The molecule has 0 aliphatic heterocycles. The summed E-state index contributed by atoms with van der Waals surface area (Å²) in [6.07, 6.45) is 3.72. The lowest BCUT2D eigenvalue weighted by molar-refractivity contribution is -0.00000618. The van der Waals surface area contributed by atoms with E-state index in [9.17, 15) is 0 Å². The van der Waals surface area contributed by atoms with Gasteiger partial charge in [-0.2, -0.15) is 9.90 Å². The summed E-state index contributed by atoms with van der Waals surface area (Å²) in [6.45, 7) is 4.37. The summed E-state index contributed by atoms with van der Waals surface area (Å²) < 4.78 is 0. The zero-order valence-electron chi connectivity index (χ0n) is 19.2. The molecule has 1 unspecified atom stereocenters. The van der Waals surface area contributed by atoms with E-state index in [-0.39, 0.29) is 26.9 Å². The second-order valence-electron chi connectivity index (χ2n) is 7.55.